The summed E-state index contributed by atoms with van der Waals surface area (Å²) in [6.45, 7) is 9.65. The number of anilines is 2. The van der Waals surface area contributed by atoms with E-state index in [9.17, 15) is 4.79 Å². The monoisotopic (exact) mass is 484 g/mol. The van der Waals surface area contributed by atoms with Crippen LogP contribution in [0.4, 0.5) is 11.5 Å². The van der Waals surface area contributed by atoms with E-state index in [2.05, 4.69) is 56.2 Å². The maximum atomic E-state index is 12.7. The molecule has 1 N–H and O–H groups in total. The molecule has 4 heterocycles. The number of likely N-dealkylation sites (tertiary alicyclic amines) is 1. The fraction of sp³-hybridized carbons (Fsp3) is 0.414. The third-order valence-electron chi connectivity index (χ3n) is 7.47. The Morgan fingerprint density at radius 1 is 0.944 bits per heavy atom. The van der Waals surface area contributed by atoms with Crippen molar-refractivity contribution in [3.63, 3.8) is 0 Å². The zero-order valence-electron chi connectivity index (χ0n) is 21.1. The number of aryl methyl sites for hydroxylation is 1. The molecule has 0 saturated carbocycles. The number of hydrogen-bond acceptors (Lipinski definition) is 6. The number of nitrogens with zero attached hydrogens (tertiary/aromatic N) is 5. The summed E-state index contributed by atoms with van der Waals surface area (Å²) in [5, 5.41) is 2.88. The summed E-state index contributed by atoms with van der Waals surface area (Å²) in [5.41, 5.74) is 3.94. The molecule has 1 amide bonds. The lowest BCUT2D eigenvalue weighted by Crippen LogP contribution is -2.46. The minimum atomic E-state index is -0.209. The molecule has 0 unspecified atom stereocenters. The van der Waals surface area contributed by atoms with Crippen molar-refractivity contribution in [3.8, 4) is 0 Å². The average Bonchev–Trinajstić information content (AvgIpc) is 3.18. The van der Waals surface area contributed by atoms with Crippen LogP contribution in [0.25, 0.3) is 0 Å². The van der Waals surface area contributed by atoms with Gasteiger partial charge >= 0.3 is 0 Å². The van der Waals surface area contributed by atoms with Gasteiger partial charge in [0.25, 0.3) is 5.91 Å². The van der Waals surface area contributed by atoms with Gasteiger partial charge in [0.15, 0.2) is 0 Å². The van der Waals surface area contributed by atoms with Gasteiger partial charge in [-0.3, -0.25) is 19.6 Å². The summed E-state index contributed by atoms with van der Waals surface area (Å²) < 4.78 is 0. The van der Waals surface area contributed by atoms with Crippen molar-refractivity contribution in [3.05, 3.63) is 83.8 Å². The molecule has 5 rings (SSSR count). The number of aromatic nitrogens is 2. The number of carbonyl (C=O) groups excluding carboxylic acids is 1. The van der Waals surface area contributed by atoms with Gasteiger partial charge in [0.2, 0.25) is 0 Å². The van der Waals surface area contributed by atoms with Gasteiger partial charge in [-0.15, -0.1) is 0 Å². The summed E-state index contributed by atoms with van der Waals surface area (Å²) in [6.07, 6.45) is 6.89. The lowest BCUT2D eigenvalue weighted by atomic mass is 10.0. The fourth-order valence-corrected chi connectivity index (χ4v) is 5.36. The van der Waals surface area contributed by atoms with Gasteiger partial charge in [-0.05, 0) is 74.7 Å². The molecule has 7 nitrogen and oxygen atoms in total. The largest absolute Gasteiger partial charge is 0.355 e. The van der Waals surface area contributed by atoms with Crippen LogP contribution < -0.4 is 10.2 Å². The number of rotatable bonds is 6. The first-order valence-corrected chi connectivity index (χ1v) is 13.1. The Labute approximate surface area is 214 Å². The number of carbonyl (C=O) groups is 1. The van der Waals surface area contributed by atoms with E-state index in [0.717, 1.165) is 58.1 Å². The van der Waals surface area contributed by atoms with Crippen molar-refractivity contribution in [2.45, 2.75) is 38.8 Å². The second kappa shape index (κ2) is 11.6. The lowest BCUT2D eigenvalue weighted by molar-refractivity contribution is 0.102. The molecule has 188 valence electrons. The Bertz CT molecular complexity index is 1150. The van der Waals surface area contributed by atoms with Gasteiger partial charge in [0, 0.05) is 45.0 Å². The molecule has 0 radical (unpaired) electrons. The molecule has 0 spiro atoms. The van der Waals surface area contributed by atoms with E-state index in [1.165, 1.54) is 24.0 Å². The molecule has 7 heteroatoms. The molecule has 2 saturated heterocycles. The van der Waals surface area contributed by atoms with Crippen molar-refractivity contribution in [2.24, 2.45) is 0 Å². The zero-order chi connectivity index (χ0) is 24.7. The van der Waals surface area contributed by atoms with Gasteiger partial charge in [-0.1, -0.05) is 30.3 Å². The Balaban J connectivity index is 1.14. The average molecular weight is 485 g/mol. The highest BCUT2D eigenvalue weighted by atomic mass is 16.1. The first-order chi connectivity index (χ1) is 17.7. The van der Waals surface area contributed by atoms with Crippen LogP contribution in [0.3, 0.4) is 0 Å². The van der Waals surface area contributed by atoms with Crippen LogP contribution in [0.1, 0.15) is 40.9 Å². The second-order valence-electron chi connectivity index (χ2n) is 9.89. The second-order valence-corrected chi connectivity index (χ2v) is 9.89. The topological polar surface area (TPSA) is 64.6 Å². The van der Waals surface area contributed by atoms with Crippen LogP contribution in [0.2, 0.25) is 0 Å². The van der Waals surface area contributed by atoms with Crippen LogP contribution in [0, 0.1) is 6.92 Å². The van der Waals surface area contributed by atoms with E-state index < -0.39 is 0 Å². The molecule has 3 aromatic rings. The van der Waals surface area contributed by atoms with E-state index in [1.54, 1.807) is 24.5 Å². The van der Waals surface area contributed by atoms with Crippen molar-refractivity contribution >= 4 is 17.4 Å². The van der Waals surface area contributed by atoms with Crippen LogP contribution in [0.15, 0.2) is 67.0 Å². The molecule has 0 aliphatic carbocycles. The first kappa shape index (κ1) is 24.4. The molecule has 2 aliphatic heterocycles. The van der Waals surface area contributed by atoms with E-state index in [1.807, 2.05) is 18.2 Å². The fourth-order valence-electron chi connectivity index (χ4n) is 5.36. The normalized spacial score (nSPS) is 18.1. The molecule has 0 bridgehead atoms. The minimum Gasteiger partial charge on any atom is -0.355 e. The summed E-state index contributed by atoms with van der Waals surface area (Å²) in [5.74, 6) is 0.669. The molecule has 2 aromatic heterocycles. The predicted molar refractivity (Wildman–Crippen MR) is 144 cm³/mol. The Hall–Kier alpha value is -3.29. The Morgan fingerprint density at radius 2 is 1.81 bits per heavy atom. The van der Waals surface area contributed by atoms with Gasteiger partial charge in [0.1, 0.15) is 11.5 Å². The quantitative estimate of drug-likeness (QED) is 0.565. The molecule has 2 aliphatic rings. The highest BCUT2D eigenvalue weighted by Gasteiger charge is 2.27. The van der Waals surface area contributed by atoms with E-state index in [0.29, 0.717) is 17.4 Å². The molecular weight excluding hydrogens is 448 g/mol. The SMILES string of the molecule is Cc1ccccc1CN1CCC(N2CCCN(c3cccc(C(=O)Nc4cccnc4)n3)CC2)CC1. The van der Waals surface area contributed by atoms with Gasteiger partial charge < -0.3 is 10.2 Å². The summed E-state index contributed by atoms with van der Waals surface area (Å²) >= 11 is 0. The number of pyridine rings is 2. The predicted octanol–water partition coefficient (Wildman–Crippen LogP) is 4.21. The number of hydrogen-bond donors (Lipinski definition) is 1. The number of nitrogens with one attached hydrogen (secondary N) is 1. The van der Waals surface area contributed by atoms with E-state index in [4.69, 9.17) is 4.98 Å². The van der Waals surface area contributed by atoms with Gasteiger partial charge in [-0.25, -0.2) is 4.98 Å². The summed E-state index contributed by atoms with van der Waals surface area (Å²) in [6, 6.07) is 18.7. The van der Waals surface area contributed by atoms with Crippen molar-refractivity contribution in [2.75, 3.05) is 49.5 Å². The number of piperidine rings is 1. The lowest BCUT2D eigenvalue weighted by Gasteiger charge is -2.38. The van der Waals surface area contributed by atoms with Crippen LogP contribution in [-0.4, -0.2) is 71.0 Å². The first-order valence-electron chi connectivity index (χ1n) is 13.1. The third kappa shape index (κ3) is 6.09. The van der Waals surface area contributed by atoms with Gasteiger partial charge in [-0.2, -0.15) is 0 Å². The maximum Gasteiger partial charge on any atom is 0.274 e. The molecule has 0 atom stereocenters. The number of amides is 1. The Kier molecular flexibility index (Phi) is 7.88. The molecule has 36 heavy (non-hydrogen) atoms. The molecule has 1 aromatic carbocycles. The van der Waals surface area contributed by atoms with Crippen molar-refractivity contribution in [1.82, 2.24) is 19.8 Å². The van der Waals surface area contributed by atoms with Crippen molar-refractivity contribution in [1.29, 1.82) is 0 Å². The maximum absolute atomic E-state index is 12.7. The van der Waals surface area contributed by atoms with Crippen LogP contribution >= 0.6 is 0 Å². The summed E-state index contributed by atoms with van der Waals surface area (Å²) in [4.78, 5) is 29.1. The minimum absolute atomic E-state index is 0.209. The van der Waals surface area contributed by atoms with Crippen LogP contribution in [-0.2, 0) is 6.54 Å². The van der Waals surface area contributed by atoms with Crippen molar-refractivity contribution < 1.29 is 4.79 Å². The highest BCUT2D eigenvalue weighted by Crippen LogP contribution is 2.22. The molecule has 2 fully saturated rings. The highest BCUT2D eigenvalue weighted by molar-refractivity contribution is 6.02. The standard InChI is InChI=1S/C29H36N6O/c1-23-7-2-3-8-24(23)22-33-17-12-26(13-18-33)34-15-6-16-35(20-19-34)28-11-4-10-27(32-28)29(36)31-25-9-5-14-30-21-25/h2-5,7-11,14,21,26H,6,12-13,15-20,22H2,1H3,(H,31,36). The summed E-state index contributed by atoms with van der Waals surface area (Å²) in [7, 11) is 0. The Morgan fingerprint density at radius 3 is 2.61 bits per heavy atom. The third-order valence-corrected chi connectivity index (χ3v) is 7.47. The van der Waals surface area contributed by atoms with Crippen LogP contribution in [0.5, 0.6) is 0 Å². The zero-order valence-corrected chi connectivity index (χ0v) is 21.1. The molecular formula is C29H36N6O. The van der Waals surface area contributed by atoms with E-state index >= 15 is 0 Å². The van der Waals surface area contributed by atoms with Gasteiger partial charge in [0.05, 0.1) is 11.9 Å². The van der Waals surface area contributed by atoms with E-state index in [-0.39, 0.29) is 5.91 Å². The number of benzene rings is 1. The smallest absolute Gasteiger partial charge is 0.274 e.